The second-order valence-corrected chi connectivity index (χ2v) is 11.6. The molecule has 3 N–H and O–H groups in total. The molecule has 37 heavy (non-hydrogen) atoms. The number of ether oxygens (including phenoxy) is 1. The molecule has 8 nitrogen and oxygen atoms in total. The number of carbonyl (C=O) groups excluding carboxylic acids is 1. The van der Waals surface area contributed by atoms with Crippen molar-refractivity contribution in [1.29, 1.82) is 0 Å². The first kappa shape index (κ1) is 27.7. The molecule has 1 amide bonds. The fourth-order valence-corrected chi connectivity index (χ4v) is 4.52. The molecular formula is C28H33N3O5S. The number of aromatic amines is 1. The molecule has 0 atom stereocenters. The molecule has 9 heteroatoms. The molecule has 3 aromatic rings. The van der Waals surface area contributed by atoms with E-state index in [1.54, 1.807) is 43.6 Å². The smallest absolute Gasteiger partial charge is 0.255 e. The number of hydrogen-bond donors (Lipinski definition) is 3. The lowest BCUT2D eigenvalue weighted by Gasteiger charge is -2.24. The van der Waals surface area contributed by atoms with Crippen LogP contribution < -0.4 is 20.3 Å². The summed E-state index contributed by atoms with van der Waals surface area (Å²) in [5.74, 6) is 0.493. The number of benzene rings is 2. The van der Waals surface area contributed by atoms with E-state index in [4.69, 9.17) is 4.74 Å². The van der Waals surface area contributed by atoms with Crippen molar-refractivity contribution >= 4 is 33.8 Å². The van der Waals surface area contributed by atoms with Gasteiger partial charge in [-0.1, -0.05) is 39.0 Å². The molecule has 0 fully saturated rings. The zero-order valence-electron chi connectivity index (χ0n) is 21.9. The van der Waals surface area contributed by atoms with Gasteiger partial charge in [-0.25, -0.2) is 8.42 Å². The molecule has 196 valence electrons. The van der Waals surface area contributed by atoms with Crippen LogP contribution in [0.4, 0.5) is 5.69 Å². The Morgan fingerprint density at radius 2 is 1.78 bits per heavy atom. The molecule has 0 saturated heterocycles. The Balaban J connectivity index is 2.16. The fourth-order valence-electron chi connectivity index (χ4n) is 3.96. The van der Waals surface area contributed by atoms with E-state index in [0.717, 1.165) is 34.1 Å². The zero-order valence-corrected chi connectivity index (χ0v) is 22.7. The SMILES string of the molecule is COc1c(C=Cc2ccc(NS(C)(=O)=O)cc2CNC(C)=O)cc(-c2ccc[nH]c2=O)cc1C(C)(C)C. The monoisotopic (exact) mass is 523 g/mol. The van der Waals surface area contributed by atoms with E-state index in [0.29, 0.717) is 17.0 Å². The Bertz CT molecular complexity index is 1500. The molecule has 0 radical (unpaired) electrons. The van der Waals surface area contributed by atoms with Crippen LogP contribution in [0.2, 0.25) is 0 Å². The predicted molar refractivity (Wildman–Crippen MR) is 149 cm³/mol. The lowest BCUT2D eigenvalue weighted by atomic mass is 9.83. The predicted octanol–water partition coefficient (Wildman–Crippen LogP) is 4.53. The molecule has 0 aliphatic heterocycles. The second kappa shape index (κ2) is 11.0. The average Bonchev–Trinajstić information content (AvgIpc) is 2.80. The third-order valence-electron chi connectivity index (χ3n) is 5.68. The quantitative estimate of drug-likeness (QED) is 0.375. The topological polar surface area (TPSA) is 117 Å². The van der Waals surface area contributed by atoms with Gasteiger partial charge in [-0.05, 0) is 58.5 Å². The molecule has 3 rings (SSSR count). The van der Waals surface area contributed by atoms with Crippen LogP contribution in [-0.2, 0) is 26.8 Å². The summed E-state index contributed by atoms with van der Waals surface area (Å²) in [6.45, 7) is 7.88. The number of carbonyl (C=O) groups is 1. The van der Waals surface area contributed by atoms with Gasteiger partial charge >= 0.3 is 0 Å². The summed E-state index contributed by atoms with van der Waals surface area (Å²) in [4.78, 5) is 26.8. The van der Waals surface area contributed by atoms with Crippen molar-refractivity contribution in [2.24, 2.45) is 0 Å². The van der Waals surface area contributed by atoms with Gasteiger partial charge in [-0.3, -0.25) is 14.3 Å². The highest BCUT2D eigenvalue weighted by molar-refractivity contribution is 7.92. The molecule has 2 aromatic carbocycles. The maximum atomic E-state index is 12.5. The number of anilines is 1. The maximum Gasteiger partial charge on any atom is 0.255 e. The molecule has 0 bridgehead atoms. The number of H-pyrrole nitrogens is 1. The normalized spacial score (nSPS) is 11.9. The Morgan fingerprint density at radius 3 is 2.38 bits per heavy atom. The number of pyridine rings is 1. The van der Waals surface area contributed by atoms with Crippen molar-refractivity contribution in [3.63, 3.8) is 0 Å². The van der Waals surface area contributed by atoms with E-state index < -0.39 is 10.0 Å². The first-order valence-electron chi connectivity index (χ1n) is 11.7. The van der Waals surface area contributed by atoms with Gasteiger partial charge < -0.3 is 15.0 Å². The first-order chi connectivity index (χ1) is 17.3. The standard InChI is InChI=1S/C28H33N3O5S/c1-18(32)30-17-22-15-23(31-37(6,34)35)12-11-19(22)9-10-20-14-21(24-8-7-13-29-27(24)33)16-25(26(20)36-5)28(2,3)4/h7-16,31H,17H2,1-6H3,(H,29,33)(H,30,32). The van der Waals surface area contributed by atoms with E-state index in [2.05, 4.69) is 35.8 Å². The zero-order chi connectivity index (χ0) is 27.4. The molecular weight excluding hydrogens is 490 g/mol. The largest absolute Gasteiger partial charge is 0.496 e. The van der Waals surface area contributed by atoms with E-state index in [1.807, 2.05) is 24.3 Å². The van der Waals surface area contributed by atoms with Crippen LogP contribution in [-0.4, -0.2) is 32.7 Å². The summed E-state index contributed by atoms with van der Waals surface area (Å²) in [5, 5.41) is 2.77. The van der Waals surface area contributed by atoms with Gasteiger partial charge in [0.15, 0.2) is 0 Å². The van der Waals surface area contributed by atoms with E-state index in [1.165, 1.54) is 6.92 Å². The third kappa shape index (κ3) is 7.33. The fraction of sp³-hybridized carbons (Fsp3) is 0.286. The minimum Gasteiger partial charge on any atom is -0.496 e. The minimum absolute atomic E-state index is 0.186. The Morgan fingerprint density at radius 1 is 1.08 bits per heavy atom. The molecule has 1 heterocycles. The molecule has 1 aromatic heterocycles. The Hall–Kier alpha value is -3.85. The Kier molecular flexibility index (Phi) is 8.28. The molecule has 0 unspecified atom stereocenters. The average molecular weight is 524 g/mol. The molecule has 0 aliphatic carbocycles. The van der Waals surface area contributed by atoms with Crippen LogP contribution in [0, 0.1) is 0 Å². The molecule has 0 saturated carbocycles. The van der Waals surface area contributed by atoms with Gasteiger partial charge in [0.05, 0.1) is 13.4 Å². The van der Waals surface area contributed by atoms with Crippen LogP contribution in [0.5, 0.6) is 5.75 Å². The highest BCUT2D eigenvalue weighted by Gasteiger charge is 2.23. The third-order valence-corrected chi connectivity index (χ3v) is 6.28. The highest BCUT2D eigenvalue weighted by Crippen LogP contribution is 2.38. The number of nitrogens with one attached hydrogen (secondary N) is 3. The van der Waals surface area contributed by atoms with Crippen molar-refractivity contribution in [3.05, 3.63) is 81.3 Å². The Labute approximate surface area is 217 Å². The van der Waals surface area contributed by atoms with Crippen molar-refractivity contribution in [2.75, 3.05) is 18.1 Å². The van der Waals surface area contributed by atoms with Gasteiger partial charge in [0.1, 0.15) is 5.75 Å². The number of sulfonamides is 1. The van der Waals surface area contributed by atoms with Crippen molar-refractivity contribution in [2.45, 2.75) is 39.7 Å². The summed E-state index contributed by atoms with van der Waals surface area (Å²) in [6.07, 6.45) is 6.45. The summed E-state index contributed by atoms with van der Waals surface area (Å²) >= 11 is 0. The molecule has 0 spiro atoms. The summed E-state index contributed by atoms with van der Waals surface area (Å²) in [7, 11) is -1.84. The number of methoxy groups -OCH3 is 1. The van der Waals surface area contributed by atoms with Crippen LogP contribution in [0.25, 0.3) is 23.3 Å². The van der Waals surface area contributed by atoms with Crippen LogP contribution >= 0.6 is 0 Å². The lowest BCUT2D eigenvalue weighted by molar-refractivity contribution is -0.119. The van der Waals surface area contributed by atoms with Gasteiger partial charge in [-0.2, -0.15) is 0 Å². The van der Waals surface area contributed by atoms with Gasteiger partial charge in [0, 0.05) is 42.0 Å². The maximum absolute atomic E-state index is 12.5. The second-order valence-electron chi connectivity index (χ2n) is 9.84. The van der Waals surface area contributed by atoms with Crippen molar-refractivity contribution in [1.82, 2.24) is 10.3 Å². The number of aromatic nitrogens is 1. The number of rotatable bonds is 8. The van der Waals surface area contributed by atoms with Gasteiger partial charge in [-0.15, -0.1) is 0 Å². The van der Waals surface area contributed by atoms with E-state index >= 15 is 0 Å². The summed E-state index contributed by atoms with van der Waals surface area (Å²) in [6, 6.07) is 12.6. The number of hydrogen-bond acceptors (Lipinski definition) is 5. The van der Waals surface area contributed by atoms with Crippen LogP contribution in [0.1, 0.15) is 49.9 Å². The summed E-state index contributed by atoms with van der Waals surface area (Å²) in [5.41, 5.74) is 4.50. The van der Waals surface area contributed by atoms with E-state index in [9.17, 15) is 18.0 Å². The van der Waals surface area contributed by atoms with Crippen molar-refractivity contribution < 1.29 is 17.9 Å². The number of amides is 1. The van der Waals surface area contributed by atoms with Crippen LogP contribution in [0.15, 0.2) is 53.5 Å². The lowest BCUT2D eigenvalue weighted by Crippen LogP contribution is -2.19. The summed E-state index contributed by atoms with van der Waals surface area (Å²) < 4.78 is 31.7. The minimum atomic E-state index is -3.46. The van der Waals surface area contributed by atoms with Crippen LogP contribution in [0.3, 0.4) is 0 Å². The van der Waals surface area contributed by atoms with Crippen molar-refractivity contribution in [3.8, 4) is 16.9 Å². The van der Waals surface area contributed by atoms with E-state index in [-0.39, 0.29) is 23.4 Å². The van der Waals surface area contributed by atoms with Gasteiger partial charge in [0.25, 0.3) is 5.56 Å². The van der Waals surface area contributed by atoms with Gasteiger partial charge in [0.2, 0.25) is 15.9 Å². The highest BCUT2D eigenvalue weighted by atomic mass is 32.2. The first-order valence-corrected chi connectivity index (χ1v) is 13.6. The molecule has 0 aliphatic rings.